The van der Waals surface area contributed by atoms with Crippen molar-refractivity contribution < 1.29 is 19.4 Å². The number of benzene rings is 1. The van der Waals surface area contributed by atoms with E-state index in [0.717, 1.165) is 17.7 Å². The Morgan fingerprint density at radius 2 is 1.89 bits per heavy atom. The average Bonchev–Trinajstić information content (AvgIpc) is 3.05. The zero-order valence-electron chi connectivity index (χ0n) is 16.3. The molecule has 1 aromatic heterocycles. The van der Waals surface area contributed by atoms with Crippen molar-refractivity contribution in [3.8, 4) is 5.75 Å². The molecule has 0 aliphatic heterocycles. The summed E-state index contributed by atoms with van der Waals surface area (Å²) in [5.41, 5.74) is 2.40. The van der Waals surface area contributed by atoms with Gasteiger partial charge in [-0.05, 0) is 51.3 Å². The summed E-state index contributed by atoms with van der Waals surface area (Å²) >= 11 is 0. The number of carbonyl (C=O) groups excluding carboxylic acids is 1. The van der Waals surface area contributed by atoms with Gasteiger partial charge in [-0.25, -0.2) is 4.79 Å². The van der Waals surface area contributed by atoms with E-state index in [4.69, 9.17) is 9.84 Å². The molecule has 0 bridgehead atoms. The summed E-state index contributed by atoms with van der Waals surface area (Å²) in [7, 11) is 0. The fraction of sp³-hybridized carbons (Fsp3) is 0.450. The molecule has 0 unspecified atom stereocenters. The predicted molar refractivity (Wildman–Crippen MR) is 102 cm³/mol. The number of aliphatic carboxylic acids is 1. The molecular formula is C20H27N3O4. The Morgan fingerprint density at radius 1 is 1.22 bits per heavy atom. The minimum absolute atomic E-state index is 0.122. The Kier molecular flexibility index (Phi) is 6.60. The van der Waals surface area contributed by atoms with Crippen molar-refractivity contribution in [1.29, 1.82) is 0 Å². The first kappa shape index (κ1) is 20.5. The predicted octanol–water partition coefficient (Wildman–Crippen LogP) is 2.64. The van der Waals surface area contributed by atoms with Crippen molar-refractivity contribution in [2.45, 2.75) is 46.1 Å². The standard InChI is InChI=1S/C20H27N3O4/c1-5-17-16(12-22-23(17)20(2,3)4)19(26)21-11-10-14-6-8-15(9-7-14)27-13-18(24)25/h6-9,12H,5,10-11,13H2,1-4H3,(H,21,26)(H,24,25). The molecule has 27 heavy (non-hydrogen) atoms. The van der Waals surface area contributed by atoms with Crippen molar-refractivity contribution in [2.75, 3.05) is 13.2 Å². The van der Waals surface area contributed by atoms with Crippen LogP contribution in [0.5, 0.6) is 5.75 Å². The molecule has 0 radical (unpaired) electrons. The van der Waals surface area contributed by atoms with E-state index >= 15 is 0 Å². The lowest BCUT2D eigenvalue weighted by atomic mass is 10.1. The van der Waals surface area contributed by atoms with Crippen LogP contribution in [0.2, 0.25) is 0 Å². The molecule has 0 saturated heterocycles. The van der Waals surface area contributed by atoms with E-state index in [1.807, 2.05) is 23.7 Å². The fourth-order valence-electron chi connectivity index (χ4n) is 2.79. The second-order valence-electron chi connectivity index (χ2n) is 7.27. The van der Waals surface area contributed by atoms with Gasteiger partial charge in [0.15, 0.2) is 6.61 Å². The number of ether oxygens (including phenoxy) is 1. The Labute approximate surface area is 159 Å². The van der Waals surface area contributed by atoms with Crippen molar-refractivity contribution in [3.63, 3.8) is 0 Å². The minimum atomic E-state index is -1.01. The van der Waals surface area contributed by atoms with Gasteiger partial charge in [-0.1, -0.05) is 19.1 Å². The van der Waals surface area contributed by atoms with Gasteiger partial charge >= 0.3 is 5.97 Å². The smallest absolute Gasteiger partial charge is 0.341 e. The number of rotatable bonds is 8. The van der Waals surface area contributed by atoms with Crippen molar-refractivity contribution in [2.24, 2.45) is 0 Å². The average molecular weight is 373 g/mol. The zero-order chi connectivity index (χ0) is 20.0. The van der Waals surface area contributed by atoms with Crippen LogP contribution in [0.1, 0.15) is 49.3 Å². The molecule has 2 aromatic rings. The lowest BCUT2D eigenvalue weighted by Crippen LogP contribution is -2.28. The first-order chi connectivity index (χ1) is 12.7. The number of amides is 1. The van der Waals surface area contributed by atoms with E-state index in [2.05, 4.69) is 31.2 Å². The van der Waals surface area contributed by atoms with Crippen LogP contribution in [-0.2, 0) is 23.2 Å². The first-order valence-corrected chi connectivity index (χ1v) is 9.01. The van der Waals surface area contributed by atoms with Crippen molar-refractivity contribution in [3.05, 3.63) is 47.3 Å². The van der Waals surface area contributed by atoms with Gasteiger partial charge in [0.25, 0.3) is 5.91 Å². The van der Waals surface area contributed by atoms with Crippen LogP contribution in [0.4, 0.5) is 0 Å². The van der Waals surface area contributed by atoms with Crippen LogP contribution in [-0.4, -0.2) is 39.9 Å². The zero-order valence-corrected chi connectivity index (χ0v) is 16.3. The monoisotopic (exact) mass is 373 g/mol. The molecule has 146 valence electrons. The normalized spacial score (nSPS) is 11.3. The third kappa shape index (κ3) is 5.57. The van der Waals surface area contributed by atoms with Crippen molar-refractivity contribution in [1.82, 2.24) is 15.1 Å². The van der Waals surface area contributed by atoms with E-state index < -0.39 is 5.97 Å². The number of carbonyl (C=O) groups is 2. The molecule has 0 spiro atoms. The number of nitrogens with one attached hydrogen (secondary N) is 1. The Balaban J connectivity index is 1.91. The second-order valence-corrected chi connectivity index (χ2v) is 7.27. The molecule has 1 heterocycles. The van der Waals surface area contributed by atoms with Gasteiger partial charge in [0.2, 0.25) is 0 Å². The summed E-state index contributed by atoms with van der Waals surface area (Å²) in [5, 5.41) is 15.9. The Bertz CT molecular complexity index is 789. The van der Waals surface area contributed by atoms with Gasteiger partial charge in [0, 0.05) is 6.54 Å². The van der Waals surface area contributed by atoms with E-state index in [1.165, 1.54) is 0 Å². The summed E-state index contributed by atoms with van der Waals surface area (Å²) in [4.78, 5) is 23.0. The molecule has 2 rings (SSSR count). The molecule has 0 aliphatic rings. The topological polar surface area (TPSA) is 93.4 Å². The van der Waals surface area contributed by atoms with E-state index in [1.54, 1.807) is 18.3 Å². The fourth-order valence-corrected chi connectivity index (χ4v) is 2.79. The number of hydrogen-bond donors (Lipinski definition) is 2. The lowest BCUT2D eigenvalue weighted by molar-refractivity contribution is -0.139. The van der Waals surface area contributed by atoms with Gasteiger partial charge < -0.3 is 15.2 Å². The molecule has 0 fully saturated rings. The van der Waals surface area contributed by atoms with Crippen LogP contribution in [0.3, 0.4) is 0 Å². The maximum absolute atomic E-state index is 12.5. The molecule has 0 atom stereocenters. The SMILES string of the molecule is CCc1c(C(=O)NCCc2ccc(OCC(=O)O)cc2)cnn1C(C)(C)C. The van der Waals surface area contributed by atoms with Gasteiger partial charge in [-0.15, -0.1) is 0 Å². The van der Waals surface area contributed by atoms with Crippen LogP contribution in [0.25, 0.3) is 0 Å². The van der Waals surface area contributed by atoms with Crippen LogP contribution < -0.4 is 10.1 Å². The molecule has 7 nitrogen and oxygen atoms in total. The van der Waals surface area contributed by atoms with E-state index in [0.29, 0.717) is 24.3 Å². The summed E-state index contributed by atoms with van der Waals surface area (Å²) < 4.78 is 7.00. The van der Waals surface area contributed by atoms with Gasteiger partial charge in [-0.2, -0.15) is 5.10 Å². The highest BCUT2D eigenvalue weighted by molar-refractivity contribution is 5.95. The highest BCUT2D eigenvalue weighted by Crippen LogP contribution is 2.19. The van der Waals surface area contributed by atoms with Crippen LogP contribution in [0, 0.1) is 0 Å². The molecule has 1 aromatic carbocycles. The van der Waals surface area contributed by atoms with Gasteiger partial charge in [0.05, 0.1) is 23.0 Å². The van der Waals surface area contributed by atoms with Crippen LogP contribution >= 0.6 is 0 Å². The summed E-state index contributed by atoms with van der Waals surface area (Å²) in [6.07, 6.45) is 3.03. The Morgan fingerprint density at radius 3 is 2.44 bits per heavy atom. The van der Waals surface area contributed by atoms with Crippen molar-refractivity contribution >= 4 is 11.9 Å². The maximum Gasteiger partial charge on any atom is 0.341 e. The minimum Gasteiger partial charge on any atom is -0.482 e. The third-order valence-corrected chi connectivity index (χ3v) is 4.07. The number of aromatic nitrogens is 2. The number of nitrogens with zero attached hydrogens (tertiary/aromatic N) is 2. The second kappa shape index (κ2) is 8.70. The maximum atomic E-state index is 12.5. The summed E-state index contributed by atoms with van der Waals surface area (Å²) in [6, 6.07) is 7.17. The molecule has 0 aliphatic carbocycles. The molecular weight excluding hydrogens is 346 g/mol. The van der Waals surface area contributed by atoms with Gasteiger partial charge in [-0.3, -0.25) is 9.48 Å². The Hall–Kier alpha value is -2.83. The highest BCUT2D eigenvalue weighted by Gasteiger charge is 2.22. The van der Waals surface area contributed by atoms with E-state index in [9.17, 15) is 9.59 Å². The number of carboxylic acids is 1. The third-order valence-electron chi connectivity index (χ3n) is 4.07. The summed E-state index contributed by atoms with van der Waals surface area (Å²) in [5.74, 6) is -0.626. The molecule has 0 saturated carbocycles. The van der Waals surface area contributed by atoms with Gasteiger partial charge in [0.1, 0.15) is 5.75 Å². The number of hydrogen-bond acceptors (Lipinski definition) is 4. The largest absolute Gasteiger partial charge is 0.482 e. The lowest BCUT2D eigenvalue weighted by Gasteiger charge is -2.22. The quantitative estimate of drug-likeness (QED) is 0.742. The summed E-state index contributed by atoms with van der Waals surface area (Å²) in [6.45, 7) is 8.33. The van der Waals surface area contributed by atoms with E-state index in [-0.39, 0.29) is 18.1 Å². The highest BCUT2D eigenvalue weighted by atomic mass is 16.5. The molecule has 7 heteroatoms. The molecule has 1 amide bonds. The van der Waals surface area contributed by atoms with Crippen LogP contribution in [0.15, 0.2) is 30.5 Å². The molecule has 2 N–H and O–H groups in total. The number of carboxylic acid groups (broad SMARTS) is 1. The first-order valence-electron chi connectivity index (χ1n) is 9.01.